The molecule has 0 unspecified atom stereocenters. The third-order valence-corrected chi connectivity index (χ3v) is 3.26. The normalized spacial score (nSPS) is 17.6. The molecule has 0 spiro atoms. The minimum Gasteiger partial charge on any atom is -0.398 e. The van der Waals surface area contributed by atoms with E-state index >= 15 is 0 Å². The van der Waals surface area contributed by atoms with Crippen LogP contribution in [0.4, 0.5) is 11.4 Å². The Hall–Kier alpha value is -1.73. The van der Waals surface area contributed by atoms with E-state index in [1.54, 1.807) is 6.07 Å². The fourth-order valence-electron chi connectivity index (χ4n) is 2.14. The van der Waals surface area contributed by atoms with Gasteiger partial charge in [-0.2, -0.15) is 5.26 Å². The molecule has 1 aromatic carbocycles. The van der Waals surface area contributed by atoms with Crippen LogP contribution in [0.5, 0.6) is 0 Å². The van der Waals surface area contributed by atoms with E-state index in [0.717, 1.165) is 31.6 Å². The van der Waals surface area contributed by atoms with Gasteiger partial charge in [0, 0.05) is 11.7 Å². The number of likely N-dealkylation sites (tertiary alicyclic amines) is 1. The Bertz CT molecular complexity index is 428. The van der Waals surface area contributed by atoms with Gasteiger partial charge in [0.1, 0.15) is 6.07 Å². The van der Waals surface area contributed by atoms with Crippen LogP contribution in [0.2, 0.25) is 0 Å². The minimum absolute atomic E-state index is 0.513. The Morgan fingerprint density at radius 3 is 2.71 bits per heavy atom. The molecule has 3 N–H and O–H groups in total. The number of nitrogens with one attached hydrogen (secondary N) is 1. The van der Waals surface area contributed by atoms with E-state index in [-0.39, 0.29) is 0 Å². The molecule has 1 aromatic rings. The molecule has 4 nitrogen and oxygen atoms in total. The maximum atomic E-state index is 8.80. The average molecular weight is 230 g/mol. The van der Waals surface area contributed by atoms with Crippen molar-refractivity contribution < 1.29 is 0 Å². The van der Waals surface area contributed by atoms with Crippen molar-refractivity contribution in [1.29, 1.82) is 5.26 Å². The second-order valence-electron chi connectivity index (χ2n) is 4.64. The molecule has 1 aliphatic heterocycles. The molecule has 1 heterocycles. The number of nitriles is 1. The van der Waals surface area contributed by atoms with Gasteiger partial charge in [0.2, 0.25) is 0 Å². The lowest BCUT2D eigenvalue weighted by Crippen LogP contribution is -2.36. The van der Waals surface area contributed by atoms with Crippen LogP contribution in [0.25, 0.3) is 0 Å². The number of rotatable bonds is 2. The summed E-state index contributed by atoms with van der Waals surface area (Å²) in [5, 5.41) is 12.3. The van der Waals surface area contributed by atoms with E-state index in [9.17, 15) is 0 Å². The Labute approximate surface area is 102 Å². The van der Waals surface area contributed by atoms with Crippen LogP contribution in [-0.2, 0) is 0 Å². The van der Waals surface area contributed by atoms with Gasteiger partial charge in [0.15, 0.2) is 0 Å². The largest absolute Gasteiger partial charge is 0.398 e. The maximum absolute atomic E-state index is 8.80. The van der Waals surface area contributed by atoms with Crippen molar-refractivity contribution >= 4 is 11.4 Å². The van der Waals surface area contributed by atoms with E-state index in [1.807, 2.05) is 12.1 Å². The number of piperidine rings is 1. The van der Waals surface area contributed by atoms with Gasteiger partial charge in [0.05, 0.1) is 11.3 Å². The molecule has 1 fully saturated rings. The number of hydrogen-bond donors (Lipinski definition) is 2. The average Bonchev–Trinajstić information content (AvgIpc) is 2.32. The summed E-state index contributed by atoms with van der Waals surface area (Å²) in [6.07, 6.45) is 2.30. The van der Waals surface area contributed by atoms with Gasteiger partial charge in [-0.1, -0.05) is 0 Å². The third-order valence-electron chi connectivity index (χ3n) is 3.26. The predicted octanol–water partition coefficient (Wildman–Crippen LogP) is 1.65. The first-order valence-corrected chi connectivity index (χ1v) is 5.94. The van der Waals surface area contributed by atoms with Gasteiger partial charge in [-0.05, 0) is 51.2 Å². The molecule has 0 aliphatic carbocycles. The van der Waals surface area contributed by atoms with Gasteiger partial charge in [-0.25, -0.2) is 0 Å². The molecule has 1 aliphatic rings. The van der Waals surface area contributed by atoms with Crippen molar-refractivity contribution in [2.45, 2.75) is 18.9 Å². The highest BCUT2D eigenvalue weighted by Gasteiger charge is 2.16. The molecule has 0 saturated carbocycles. The van der Waals surface area contributed by atoms with E-state index in [1.165, 1.54) is 0 Å². The number of hydrogen-bond acceptors (Lipinski definition) is 4. The first-order valence-electron chi connectivity index (χ1n) is 5.94. The Morgan fingerprint density at radius 2 is 2.12 bits per heavy atom. The SMILES string of the molecule is CN1CCC(Nc2ccc(C#N)c(N)c2)CC1. The van der Waals surface area contributed by atoms with E-state index < -0.39 is 0 Å². The fraction of sp³-hybridized carbons (Fsp3) is 0.462. The Kier molecular flexibility index (Phi) is 3.50. The van der Waals surface area contributed by atoms with Crippen molar-refractivity contribution in [2.24, 2.45) is 0 Å². The molecule has 0 amide bonds. The van der Waals surface area contributed by atoms with Gasteiger partial charge in [0.25, 0.3) is 0 Å². The summed E-state index contributed by atoms with van der Waals surface area (Å²) in [5.74, 6) is 0. The highest BCUT2D eigenvalue weighted by molar-refractivity contribution is 5.62. The number of nitrogens with two attached hydrogens (primary N) is 1. The molecule has 0 aromatic heterocycles. The summed E-state index contributed by atoms with van der Waals surface area (Å²) in [5.41, 5.74) is 7.89. The highest BCUT2D eigenvalue weighted by Crippen LogP contribution is 2.20. The second kappa shape index (κ2) is 5.07. The summed E-state index contributed by atoms with van der Waals surface area (Å²) in [7, 11) is 2.15. The van der Waals surface area contributed by atoms with Crippen LogP contribution >= 0.6 is 0 Å². The predicted molar refractivity (Wildman–Crippen MR) is 69.7 cm³/mol. The quantitative estimate of drug-likeness (QED) is 0.758. The standard InChI is InChI=1S/C13H18N4/c1-17-6-4-11(5-7-17)16-12-3-2-10(9-14)13(15)8-12/h2-3,8,11,16H,4-7,15H2,1H3. The zero-order chi connectivity index (χ0) is 12.3. The number of anilines is 2. The Balaban J connectivity index is 2.00. The van der Waals surface area contributed by atoms with Crippen LogP contribution < -0.4 is 11.1 Å². The lowest BCUT2D eigenvalue weighted by Gasteiger charge is -2.30. The molecular weight excluding hydrogens is 212 g/mol. The summed E-state index contributed by atoms with van der Waals surface area (Å²) < 4.78 is 0. The number of nitrogens with zero attached hydrogens (tertiary/aromatic N) is 2. The van der Waals surface area contributed by atoms with Crippen LogP contribution in [0.15, 0.2) is 18.2 Å². The van der Waals surface area contributed by atoms with Crippen molar-refractivity contribution in [3.8, 4) is 6.07 Å². The summed E-state index contributed by atoms with van der Waals surface area (Å²) in [6.45, 7) is 2.26. The zero-order valence-electron chi connectivity index (χ0n) is 10.1. The molecule has 4 heteroatoms. The van der Waals surface area contributed by atoms with E-state index in [2.05, 4.69) is 23.3 Å². The molecule has 0 radical (unpaired) electrons. The lowest BCUT2D eigenvalue weighted by molar-refractivity contribution is 0.264. The Morgan fingerprint density at radius 1 is 1.41 bits per heavy atom. The van der Waals surface area contributed by atoms with Crippen LogP contribution in [0.1, 0.15) is 18.4 Å². The van der Waals surface area contributed by atoms with Crippen molar-refractivity contribution in [2.75, 3.05) is 31.2 Å². The van der Waals surface area contributed by atoms with Crippen molar-refractivity contribution in [3.05, 3.63) is 23.8 Å². The summed E-state index contributed by atoms with van der Waals surface area (Å²) in [4.78, 5) is 2.34. The zero-order valence-corrected chi connectivity index (χ0v) is 10.1. The van der Waals surface area contributed by atoms with Gasteiger partial charge >= 0.3 is 0 Å². The lowest BCUT2D eigenvalue weighted by atomic mass is 10.0. The first-order chi connectivity index (χ1) is 8.19. The van der Waals surface area contributed by atoms with Crippen molar-refractivity contribution in [1.82, 2.24) is 4.90 Å². The van der Waals surface area contributed by atoms with Crippen molar-refractivity contribution in [3.63, 3.8) is 0 Å². The monoisotopic (exact) mass is 230 g/mol. The van der Waals surface area contributed by atoms with Gasteiger partial charge in [-0.3, -0.25) is 0 Å². The van der Waals surface area contributed by atoms with Crippen LogP contribution in [0, 0.1) is 11.3 Å². The molecule has 17 heavy (non-hydrogen) atoms. The topological polar surface area (TPSA) is 65.1 Å². The molecular formula is C13H18N4. The van der Waals surface area contributed by atoms with E-state index in [4.69, 9.17) is 11.0 Å². The summed E-state index contributed by atoms with van der Waals surface area (Å²) in [6, 6.07) is 8.12. The molecule has 90 valence electrons. The van der Waals surface area contributed by atoms with Crippen LogP contribution in [-0.4, -0.2) is 31.1 Å². The molecule has 1 saturated heterocycles. The highest BCUT2D eigenvalue weighted by atomic mass is 15.1. The summed E-state index contributed by atoms with van der Waals surface area (Å²) >= 11 is 0. The smallest absolute Gasteiger partial charge is 0.101 e. The number of benzene rings is 1. The van der Waals surface area contributed by atoms with E-state index in [0.29, 0.717) is 17.3 Å². The maximum Gasteiger partial charge on any atom is 0.101 e. The second-order valence-corrected chi connectivity index (χ2v) is 4.64. The minimum atomic E-state index is 0.513. The third kappa shape index (κ3) is 2.89. The fourth-order valence-corrected chi connectivity index (χ4v) is 2.14. The molecule has 0 bridgehead atoms. The molecule has 2 rings (SSSR count). The van der Waals surface area contributed by atoms with Gasteiger partial charge in [-0.15, -0.1) is 0 Å². The van der Waals surface area contributed by atoms with Gasteiger partial charge < -0.3 is 16.0 Å². The van der Waals surface area contributed by atoms with Crippen LogP contribution in [0.3, 0.4) is 0 Å². The number of nitrogen functional groups attached to an aromatic ring is 1. The molecule has 0 atom stereocenters. The first kappa shape index (κ1) is 11.7.